The Bertz CT molecular complexity index is 443. The predicted octanol–water partition coefficient (Wildman–Crippen LogP) is 3.39. The van der Waals surface area contributed by atoms with Gasteiger partial charge in [-0.3, -0.25) is 4.79 Å². The molecule has 92 valence electrons. The van der Waals surface area contributed by atoms with Crippen LogP contribution in [0.15, 0.2) is 18.2 Å². The lowest BCUT2D eigenvalue weighted by Gasteiger charge is -2.15. The molecule has 0 spiro atoms. The molecule has 0 aliphatic carbocycles. The van der Waals surface area contributed by atoms with Crippen molar-refractivity contribution in [3.8, 4) is 0 Å². The zero-order chi connectivity index (χ0) is 13.0. The first-order chi connectivity index (χ1) is 8.02. The molecule has 0 aliphatic rings. The number of Topliss-reactive ketones (excluding diaryl/α,β-unsaturated/α-hetero) is 1. The van der Waals surface area contributed by atoms with Crippen LogP contribution >= 0.6 is 31.9 Å². The minimum atomic E-state index is -0.495. The normalized spacial score (nSPS) is 12.0. The highest BCUT2D eigenvalue weighted by Crippen LogP contribution is 2.31. The maximum Gasteiger partial charge on any atom is 0.338 e. The molecule has 0 heterocycles. The van der Waals surface area contributed by atoms with E-state index >= 15 is 0 Å². The number of benzene rings is 1. The van der Waals surface area contributed by atoms with Crippen molar-refractivity contribution >= 4 is 43.6 Å². The van der Waals surface area contributed by atoms with Gasteiger partial charge in [0.05, 0.1) is 17.5 Å². The first-order valence-corrected chi connectivity index (χ1v) is 6.97. The summed E-state index contributed by atoms with van der Waals surface area (Å²) in [5, 5.41) is 0.572. The number of ether oxygens (including phenoxy) is 1. The van der Waals surface area contributed by atoms with Gasteiger partial charge in [-0.2, -0.15) is 0 Å². The molecule has 0 saturated carbocycles. The Balaban J connectivity index is 3.40. The fraction of sp³-hybridized carbons (Fsp3) is 0.333. The quantitative estimate of drug-likeness (QED) is 0.608. The summed E-state index contributed by atoms with van der Waals surface area (Å²) in [5.41, 5.74) is 1.98. The number of esters is 1. The molecule has 0 aliphatic heterocycles. The van der Waals surface area contributed by atoms with Gasteiger partial charge in [0.25, 0.3) is 0 Å². The number of hydrogen-bond acceptors (Lipinski definition) is 3. The highest BCUT2D eigenvalue weighted by molar-refractivity contribution is 9.09. The molecule has 1 aromatic rings. The number of ketones is 1. The Hall–Kier alpha value is -0.680. The van der Waals surface area contributed by atoms with E-state index in [1.807, 2.05) is 6.07 Å². The Kier molecular flexibility index (Phi) is 5.33. The van der Waals surface area contributed by atoms with Crippen LogP contribution in [0.3, 0.4) is 0 Å². The van der Waals surface area contributed by atoms with Gasteiger partial charge in [-0.15, -0.1) is 0 Å². The van der Waals surface area contributed by atoms with Crippen LogP contribution in [0.5, 0.6) is 0 Å². The Morgan fingerprint density at radius 1 is 1.41 bits per heavy atom. The summed E-state index contributed by atoms with van der Waals surface area (Å²) >= 11 is 6.66. The molecular formula is C12H12Br2O3. The molecule has 1 aromatic carbocycles. The lowest BCUT2D eigenvalue weighted by atomic mass is 9.97. The molecular weight excluding hydrogens is 352 g/mol. The van der Waals surface area contributed by atoms with Crippen molar-refractivity contribution in [3.63, 3.8) is 0 Å². The van der Waals surface area contributed by atoms with Gasteiger partial charge < -0.3 is 4.74 Å². The number of hydrogen-bond donors (Lipinski definition) is 0. The van der Waals surface area contributed by atoms with Gasteiger partial charge in [0.1, 0.15) is 5.78 Å². The van der Waals surface area contributed by atoms with Gasteiger partial charge in [0.2, 0.25) is 0 Å². The largest absolute Gasteiger partial charge is 0.465 e. The molecule has 17 heavy (non-hydrogen) atoms. The van der Waals surface area contributed by atoms with Gasteiger partial charge in [-0.25, -0.2) is 4.79 Å². The minimum absolute atomic E-state index is 0.0523. The van der Waals surface area contributed by atoms with Gasteiger partial charge >= 0.3 is 5.97 Å². The summed E-state index contributed by atoms with van der Waals surface area (Å²) in [6.45, 7) is 1.48. The number of halogens is 2. The first kappa shape index (κ1) is 14.4. The van der Waals surface area contributed by atoms with Crippen LogP contribution in [0, 0.1) is 0 Å². The third kappa shape index (κ3) is 3.16. The van der Waals surface area contributed by atoms with E-state index in [1.165, 1.54) is 14.0 Å². The average molecular weight is 364 g/mol. The maximum atomic E-state index is 11.7. The van der Waals surface area contributed by atoms with Crippen molar-refractivity contribution < 1.29 is 14.3 Å². The SMILES string of the molecule is COC(=O)c1cccc(CBr)c1C(Br)C(C)=O. The lowest BCUT2D eigenvalue weighted by Crippen LogP contribution is -2.12. The molecule has 1 rings (SSSR count). The van der Waals surface area contributed by atoms with E-state index in [0.29, 0.717) is 16.5 Å². The standard InChI is InChI=1S/C12H12Br2O3/c1-7(15)11(14)10-8(6-13)4-3-5-9(10)12(16)17-2/h3-5,11H,6H2,1-2H3. The van der Waals surface area contributed by atoms with Crippen LogP contribution in [0.1, 0.15) is 33.2 Å². The van der Waals surface area contributed by atoms with E-state index in [1.54, 1.807) is 12.1 Å². The van der Waals surface area contributed by atoms with E-state index in [4.69, 9.17) is 4.74 Å². The Morgan fingerprint density at radius 2 is 2.06 bits per heavy atom. The molecule has 3 nitrogen and oxygen atoms in total. The molecule has 0 aromatic heterocycles. The molecule has 1 unspecified atom stereocenters. The summed E-state index contributed by atoms with van der Waals surface area (Å²) in [6.07, 6.45) is 0. The molecule has 0 amide bonds. The van der Waals surface area contributed by atoms with Gasteiger partial charge in [-0.05, 0) is 24.1 Å². The molecule has 5 heteroatoms. The fourth-order valence-electron chi connectivity index (χ4n) is 1.52. The summed E-state index contributed by atoms with van der Waals surface area (Å²) in [7, 11) is 1.32. The van der Waals surface area contributed by atoms with Gasteiger partial charge in [-0.1, -0.05) is 44.0 Å². The van der Waals surface area contributed by atoms with Crippen LogP contribution in [-0.2, 0) is 14.9 Å². The second-order valence-electron chi connectivity index (χ2n) is 3.48. The minimum Gasteiger partial charge on any atom is -0.465 e. The number of carbonyl (C=O) groups is 2. The van der Waals surface area contributed by atoms with E-state index in [-0.39, 0.29) is 5.78 Å². The first-order valence-electron chi connectivity index (χ1n) is 4.93. The Labute approximate surface area is 117 Å². The predicted molar refractivity (Wildman–Crippen MR) is 72.8 cm³/mol. The van der Waals surface area contributed by atoms with Crippen molar-refractivity contribution in [2.45, 2.75) is 17.1 Å². The number of methoxy groups -OCH3 is 1. The van der Waals surface area contributed by atoms with Crippen LogP contribution in [-0.4, -0.2) is 18.9 Å². The average Bonchev–Trinajstić information content (AvgIpc) is 2.35. The lowest BCUT2D eigenvalue weighted by molar-refractivity contribution is -0.116. The summed E-state index contributed by atoms with van der Waals surface area (Å²) in [4.78, 5) is 22.6. The zero-order valence-electron chi connectivity index (χ0n) is 9.50. The van der Waals surface area contributed by atoms with E-state index in [0.717, 1.165) is 5.56 Å². The van der Waals surface area contributed by atoms with Crippen molar-refractivity contribution in [2.24, 2.45) is 0 Å². The maximum absolute atomic E-state index is 11.7. The van der Waals surface area contributed by atoms with Gasteiger partial charge in [0, 0.05) is 5.33 Å². The van der Waals surface area contributed by atoms with Crippen molar-refractivity contribution in [1.29, 1.82) is 0 Å². The molecule has 0 fully saturated rings. The van der Waals surface area contributed by atoms with Crippen LogP contribution in [0.4, 0.5) is 0 Å². The molecule has 1 atom stereocenters. The Morgan fingerprint density at radius 3 is 2.53 bits per heavy atom. The number of rotatable bonds is 4. The van der Waals surface area contributed by atoms with E-state index < -0.39 is 10.8 Å². The van der Waals surface area contributed by atoms with Crippen molar-refractivity contribution in [2.75, 3.05) is 7.11 Å². The second kappa shape index (κ2) is 6.31. The van der Waals surface area contributed by atoms with Crippen LogP contribution in [0.2, 0.25) is 0 Å². The number of alkyl halides is 2. The van der Waals surface area contributed by atoms with E-state index in [2.05, 4.69) is 31.9 Å². The smallest absolute Gasteiger partial charge is 0.338 e. The third-order valence-corrected chi connectivity index (χ3v) is 4.06. The van der Waals surface area contributed by atoms with Gasteiger partial charge in [0.15, 0.2) is 0 Å². The molecule has 0 bridgehead atoms. The topological polar surface area (TPSA) is 43.4 Å². The zero-order valence-corrected chi connectivity index (χ0v) is 12.7. The highest BCUT2D eigenvalue weighted by atomic mass is 79.9. The van der Waals surface area contributed by atoms with Crippen LogP contribution in [0.25, 0.3) is 0 Å². The molecule has 0 radical (unpaired) electrons. The number of carbonyl (C=O) groups excluding carboxylic acids is 2. The third-order valence-electron chi connectivity index (χ3n) is 2.36. The summed E-state index contributed by atoms with van der Waals surface area (Å²) in [5.74, 6) is -0.489. The molecule has 0 N–H and O–H groups in total. The summed E-state index contributed by atoms with van der Waals surface area (Å²) < 4.78 is 4.72. The second-order valence-corrected chi connectivity index (χ2v) is 4.95. The van der Waals surface area contributed by atoms with Crippen LogP contribution < -0.4 is 0 Å². The fourth-order valence-corrected chi connectivity index (χ4v) is 2.55. The molecule has 0 saturated heterocycles. The van der Waals surface area contributed by atoms with E-state index in [9.17, 15) is 9.59 Å². The van der Waals surface area contributed by atoms with Crippen molar-refractivity contribution in [3.05, 3.63) is 34.9 Å². The highest BCUT2D eigenvalue weighted by Gasteiger charge is 2.23. The summed E-state index contributed by atoms with van der Waals surface area (Å²) in [6, 6.07) is 5.30. The van der Waals surface area contributed by atoms with Crippen molar-refractivity contribution in [1.82, 2.24) is 0 Å². The monoisotopic (exact) mass is 362 g/mol.